The lowest BCUT2D eigenvalue weighted by Crippen LogP contribution is -2.30. The van der Waals surface area contributed by atoms with Crippen LogP contribution >= 0.6 is 15.9 Å². The lowest BCUT2D eigenvalue weighted by atomic mass is 10.3. The zero-order valence-corrected chi connectivity index (χ0v) is 13.8. The van der Waals surface area contributed by atoms with Gasteiger partial charge in [0.25, 0.3) is 0 Å². The van der Waals surface area contributed by atoms with Gasteiger partial charge in [-0.2, -0.15) is 5.10 Å². The molecule has 7 nitrogen and oxygen atoms in total. The summed E-state index contributed by atoms with van der Waals surface area (Å²) >= 11 is 3.34. The Bertz CT molecular complexity index is 617. The third kappa shape index (κ3) is 5.45. The van der Waals surface area contributed by atoms with Crippen LogP contribution in [0.2, 0.25) is 0 Å². The molecule has 0 aliphatic carbocycles. The molecule has 0 saturated heterocycles. The quantitative estimate of drug-likeness (QED) is 0.544. The standard InChI is InChI=1S/C14H18BrN5O2/c1-22-5-4-17-14(21)10-20-9-12(8-19-20)18-7-11-2-3-16-13(15)6-11/h2-3,6,8-9,18H,4-5,7,10H2,1H3,(H,17,21). The predicted molar refractivity (Wildman–Crippen MR) is 86.4 cm³/mol. The van der Waals surface area contributed by atoms with Crippen molar-refractivity contribution >= 4 is 27.5 Å². The van der Waals surface area contributed by atoms with Gasteiger partial charge in [0.1, 0.15) is 11.1 Å². The number of carbonyl (C=O) groups excluding carboxylic acids is 1. The molecule has 8 heteroatoms. The van der Waals surface area contributed by atoms with Crippen molar-refractivity contribution in [2.24, 2.45) is 0 Å². The number of methoxy groups -OCH3 is 1. The summed E-state index contributed by atoms with van der Waals surface area (Å²) in [7, 11) is 1.60. The summed E-state index contributed by atoms with van der Waals surface area (Å²) in [6.45, 7) is 1.84. The Kier molecular flexibility index (Phi) is 6.35. The minimum Gasteiger partial charge on any atom is -0.383 e. The molecule has 0 aliphatic heterocycles. The van der Waals surface area contributed by atoms with Crippen LogP contribution in [0.5, 0.6) is 0 Å². The average molecular weight is 368 g/mol. The van der Waals surface area contributed by atoms with Gasteiger partial charge >= 0.3 is 0 Å². The van der Waals surface area contributed by atoms with E-state index in [-0.39, 0.29) is 12.5 Å². The number of ether oxygens (including phenoxy) is 1. The van der Waals surface area contributed by atoms with E-state index >= 15 is 0 Å². The van der Waals surface area contributed by atoms with Crippen LogP contribution in [0.3, 0.4) is 0 Å². The van der Waals surface area contributed by atoms with Crippen molar-refractivity contribution in [2.75, 3.05) is 25.6 Å². The number of nitrogens with one attached hydrogen (secondary N) is 2. The second-order valence-corrected chi connectivity index (χ2v) is 5.42. The van der Waals surface area contributed by atoms with Crippen molar-refractivity contribution in [3.05, 3.63) is 40.9 Å². The monoisotopic (exact) mass is 367 g/mol. The molecule has 0 saturated carbocycles. The Morgan fingerprint density at radius 1 is 1.50 bits per heavy atom. The highest BCUT2D eigenvalue weighted by Gasteiger charge is 2.04. The number of halogens is 1. The van der Waals surface area contributed by atoms with Gasteiger partial charge in [0.05, 0.1) is 18.5 Å². The molecule has 2 aromatic heterocycles. The lowest BCUT2D eigenvalue weighted by Gasteiger charge is -2.05. The molecular formula is C14H18BrN5O2. The second kappa shape index (κ2) is 8.50. The van der Waals surface area contributed by atoms with Crippen LogP contribution in [0.1, 0.15) is 5.56 Å². The first-order valence-corrected chi connectivity index (χ1v) is 7.59. The minimum absolute atomic E-state index is 0.0928. The number of aromatic nitrogens is 3. The summed E-state index contributed by atoms with van der Waals surface area (Å²) in [5, 5.41) is 10.2. The second-order valence-electron chi connectivity index (χ2n) is 4.61. The molecule has 2 rings (SSSR count). The molecule has 0 aromatic carbocycles. The van der Waals surface area contributed by atoms with E-state index in [4.69, 9.17) is 4.74 Å². The van der Waals surface area contributed by atoms with E-state index in [1.54, 1.807) is 30.4 Å². The molecule has 0 aliphatic rings. The van der Waals surface area contributed by atoms with Crippen molar-refractivity contribution in [2.45, 2.75) is 13.1 Å². The summed E-state index contributed by atoms with van der Waals surface area (Å²) in [4.78, 5) is 15.7. The molecule has 0 atom stereocenters. The van der Waals surface area contributed by atoms with Crippen molar-refractivity contribution < 1.29 is 9.53 Å². The molecular weight excluding hydrogens is 350 g/mol. The molecule has 0 fully saturated rings. The molecule has 0 spiro atoms. The SMILES string of the molecule is COCCNC(=O)Cn1cc(NCc2ccnc(Br)c2)cn1. The minimum atomic E-state index is -0.0928. The smallest absolute Gasteiger partial charge is 0.241 e. The summed E-state index contributed by atoms with van der Waals surface area (Å²) in [5.41, 5.74) is 1.96. The fraction of sp³-hybridized carbons (Fsp3) is 0.357. The molecule has 1 amide bonds. The summed E-state index contributed by atoms with van der Waals surface area (Å²) in [6, 6.07) is 3.88. The number of hydrogen-bond acceptors (Lipinski definition) is 5. The molecule has 22 heavy (non-hydrogen) atoms. The van der Waals surface area contributed by atoms with Gasteiger partial charge in [0.15, 0.2) is 0 Å². The van der Waals surface area contributed by atoms with Gasteiger partial charge < -0.3 is 15.4 Å². The first kappa shape index (κ1) is 16.4. The van der Waals surface area contributed by atoms with E-state index in [0.717, 1.165) is 15.9 Å². The first-order chi connectivity index (χ1) is 10.7. The summed E-state index contributed by atoms with van der Waals surface area (Å²) in [5.74, 6) is -0.0928. The number of rotatable bonds is 8. The van der Waals surface area contributed by atoms with Crippen LogP contribution in [0.15, 0.2) is 35.3 Å². The number of anilines is 1. The van der Waals surface area contributed by atoms with Gasteiger partial charge in [0, 0.05) is 32.6 Å². The maximum Gasteiger partial charge on any atom is 0.241 e. The van der Waals surface area contributed by atoms with E-state index in [0.29, 0.717) is 19.7 Å². The van der Waals surface area contributed by atoms with Crippen molar-refractivity contribution in [1.82, 2.24) is 20.1 Å². The maximum absolute atomic E-state index is 11.7. The molecule has 0 unspecified atom stereocenters. The highest BCUT2D eigenvalue weighted by molar-refractivity contribution is 9.10. The first-order valence-electron chi connectivity index (χ1n) is 6.80. The fourth-order valence-electron chi connectivity index (χ4n) is 1.79. The third-order valence-electron chi connectivity index (χ3n) is 2.85. The average Bonchev–Trinajstić information content (AvgIpc) is 2.93. The number of pyridine rings is 1. The van der Waals surface area contributed by atoms with Gasteiger partial charge in [-0.15, -0.1) is 0 Å². The van der Waals surface area contributed by atoms with Gasteiger partial charge in [0.2, 0.25) is 5.91 Å². The van der Waals surface area contributed by atoms with Crippen LogP contribution in [0.4, 0.5) is 5.69 Å². The van der Waals surface area contributed by atoms with Crippen molar-refractivity contribution in [1.29, 1.82) is 0 Å². The zero-order chi connectivity index (χ0) is 15.8. The zero-order valence-electron chi connectivity index (χ0n) is 12.3. The molecule has 2 heterocycles. The van der Waals surface area contributed by atoms with Gasteiger partial charge in [-0.05, 0) is 33.6 Å². The Labute approximate surface area is 137 Å². The number of amides is 1. The highest BCUT2D eigenvalue weighted by atomic mass is 79.9. The van der Waals surface area contributed by atoms with Crippen LogP contribution in [0, 0.1) is 0 Å². The third-order valence-corrected chi connectivity index (χ3v) is 3.29. The Balaban J connectivity index is 1.80. The molecule has 2 aromatic rings. The number of hydrogen-bond donors (Lipinski definition) is 2. The topological polar surface area (TPSA) is 81.1 Å². The normalized spacial score (nSPS) is 10.5. The van der Waals surface area contributed by atoms with E-state index in [9.17, 15) is 4.79 Å². The van der Waals surface area contributed by atoms with Crippen LogP contribution in [-0.2, 0) is 22.6 Å². The van der Waals surface area contributed by atoms with Crippen LogP contribution < -0.4 is 10.6 Å². The Morgan fingerprint density at radius 2 is 2.36 bits per heavy atom. The number of nitrogens with zero attached hydrogens (tertiary/aromatic N) is 3. The van der Waals surface area contributed by atoms with E-state index < -0.39 is 0 Å². The van der Waals surface area contributed by atoms with E-state index in [1.165, 1.54) is 0 Å². The van der Waals surface area contributed by atoms with Gasteiger partial charge in [-0.25, -0.2) is 4.98 Å². The van der Waals surface area contributed by atoms with Crippen LogP contribution in [0.25, 0.3) is 0 Å². The molecule has 2 N–H and O–H groups in total. The van der Waals surface area contributed by atoms with E-state index in [2.05, 4.69) is 36.6 Å². The molecule has 118 valence electrons. The van der Waals surface area contributed by atoms with E-state index in [1.807, 2.05) is 12.1 Å². The lowest BCUT2D eigenvalue weighted by molar-refractivity contribution is -0.122. The van der Waals surface area contributed by atoms with Crippen molar-refractivity contribution in [3.63, 3.8) is 0 Å². The largest absolute Gasteiger partial charge is 0.383 e. The van der Waals surface area contributed by atoms with Gasteiger partial charge in [-0.3, -0.25) is 9.48 Å². The predicted octanol–water partition coefficient (Wildman–Crippen LogP) is 1.42. The molecule has 0 bridgehead atoms. The van der Waals surface area contributed by atoms with Crippen LogP contribution in [-0.4, -0.2) is 40.9 Å². The molecule has 0 radical (unpaired) electrons. The Morgan fingerprint density at radius 3 is 3.14 bits per heavy atom. The fourth-order valence-corrected chi connectivity index (χ4v) is 2.21. The van der Waals surface area contributed by atoms with Crippen molar-refractivity contribution in [3.8, 4) is 0 Å². The summed E-state index contributed by atoms with van der Waals surface area (Å²) in [6.07, 6.45) is 5.24. The summed E-state index contributed by atoms with van der Waals surface area (Å²) < 4.78 is 7.27. The Hall–Kier alpha value is -1.93. The highest BCUT2D eigenvalue weighted by Crippen LogP contribution is 2.11. The number of carbonyl (C=O) groups is 1. The van der Waals surface area contributed by atoms with Gasteiger partial charge in [-0.1, -0.05) is 0 Å². The maximum atomic E-state index is 11.7.